The van der Waals surface area contributed by atoms with Crippen LogP contribution in [-0.4, -0.2) is 37.1 Å². The van der Waals surface area contributed by atoms with Crippen LogP contribution in [0.4, 0.5) is 5.82 Å². The van der Waals surface area contributed by atoms with Gasteiger partial charge in [0.15, 0.2) is 0 Å². The van der Waals surface area contributed by atoms with Crippen LogP contribution in [0.2, 0.25) is 0 Å². The first-order chi connectivity index (χ1) is 7.88. The summed E-state index contributed by atoms with van der Waals surface area (Å²) in [7, 11) is -3.09. The monoisotopic (exact) mass is 319 g/mol. The second kappa shape index (κ2) is 4.55. The van der Waals surface area contributed by atoms with Gasteiger partial charge in [0.05, 0.1) is 6.26 Å². The number of anilines is 1. The van der Waals surface area contributed by atoms with Crippen LogP contribution >= 0.6 is 15.9 Å². The Morgan fingerprint density at radius 1 is 1.53 bits per heavy atom. The highest BCUT2D eigenvalue weighted by molar-refractivity contribution is 9.10. The number of halogens is 1. The lowest BCUT2D eigenvalue weighted by atomic mass is 10.0. The third-order valence-electron chi connectivity index (χ3n) is 2.96. The number of sulfonamides is 1. The Morgan fingerprint density at radius 2 is 2.24 bits per heavy atom. The maximum atomic E-state index is 11.4. The normalized spacial score (nSPS) is 21.9. The number of nitrogens with two attached hydrogens (primary N) is 1. The molecule has 1 aromatic heterocycles. The molecule has 0 radical (unpaired) electrons. The fraction of sp³-hybridized carbons (Fsp3) is 0.500. The van der Waals surface area contributed by atoms with Crippen molar-refractivity contribution in [2.75, 3.05) is 25.1 Å². The number of nitrogen functional groups attached to an aromatic ring is 1. The number of hydrogen-bond donors (Lipinski definition) is 1. The van der Waals surface area contributed by atoms with Crippen LogP contribution in [0.25, 0.3) is 0 Å². The van der Waals surface area contributed by atoms with Crippen molar-refractivity contribution in [2.24, 2.45) is 0 Å². The molecule has 0 amide bonds. The molecule has 0 aliphatic carbocycles. The largest absolute Gasteiger partial charge is 0.384 e. The zero-order chi connectivity index (χ0) is 12.6. The van der Waals surface area contributed by atoms with Gasteiger partial charge in [-0.25, -0.2) is 17.7 Å². The fourth-order valence-electron chi connectivity index (χ4n) is 2.05. The summed E-state index contributed by atoms with van der Waals surface area (Å²) >= 11 is 3.37. The molecule has 2 rings (SSSR count). The molecule has 1 aromatic rings. The molecule has 1 aliphatic rings. The number of hydrogen-bond acceptors (Lipinski definition) is 4. The minimum atomic E-state index is -3.09. The minimum Gasteiger partial charge on any atom is -0.384 e. The molecule has 2 heterocycles. The predicted octanol–water partition coefficient (Wildman–Crippen LogP) is 1.18. The van der Waals surface area contributed by atoms with E-state index in [9.17, 15) is 8.42 Å². The Labute approximate surface area is 109 Å². The highest BCUT2D eigenvalue weighted by Crippen LogP contribution is 2.32. The third-order valence-corrected chi connectivity index (χ3v) is 4.86. The average Bonchev–Trinajstić information content (AvgIpc) is 2.65. The van der Waals surface area contributed by atoms with E-state index in [2.05, 4.69) is 20.9 Å². The Hall–Kier alpha value is -0.660. The van der Waals surface area contributed by atoms with Gasteiger partial charge in [0.2, 0.25) is 10.0 Å². The Morgan fingerprint density at radius 3 is 2.76 bits per heavy atom. The van der Waals surface area contributed by atoms with E-state index < -0.39 is 10.0 Å². The lowest BCUT2D eigenvalue weighted by molar-refractivity contribution is 0.478. The highest BCUT2D eigenvalue weighted by Gasteiger charge is 2.30. The van der Waals surface area contributed by atoms with Gasteiger partial charge in [-0.2, -0.15) is 0 Å². The van der Waals surface area contributed by atoms with Gasteiger partial charge in [-0.15, -0.1) is 0 Å². The van der Waals surface area contributed by atoms with E-state index in [1.54, 1.807) is 6.07 Å². The summed E-state index contributed by atoms with van der Waals surface area (Å²) in [6, 6.07) is 3.64. The summed E-state index contributed by atoms with van der Waals surface area (Å²) in [6.45, 7) is 1.09. The summed E-state index contributed by atoms with van der Waals surface area (Å²) < 4.78 is 25.1. The number of rotatable bonds is 2. The smallest absolute Gasteiger partial charge is 0.211 e. The lowest BCUT2D eigenvalue weighted by Gasteiger charge is -2.14. The van der Waals surface area contributed by atoms with Crippen LogP contribution < -0.4 is 5.73 Å². The number of aromatic nitrogens is 1. The van der Waals surface area contributed by atoms with Gasteiger partial charge in [0.25, 0.3) is 0 Å². The van der Waals surface area contributed by atoms with Gasteiger partial charge in [-0.05, 0) is 34.0 Å². The summed E-state index contributed by atoms with van der Waals surface area (Å²) in [4.78, 5) is 4.13. The van der Waals surface area contributed by atoms with E-state index in [4.69, 9.17) is 5.73 Å². The van der Waals surface area contributed by atoms with Crippen molar-refractivity contribution in [1.82, 2.24) is 9.29 Å². The van der Waals surface area contributed by atoms with Crippen LogP contribution in [-0.2, 0) is 10.0 Å². The molecule has 1 atom stereocenters. The number of pyridine rings is 1. The molecule has 17 heavy (non-hydrogen) atoms. The van der Waals surface area contributed by atoms with Gasteiger partial charge in [0, 0.05) is 19.0 Å². The standard InChI is InChI=1S/C10H14BrN3O2S/c1-17(15,16)14-5-4-7(6-14)8-2-3-9(12)13-10(8)11/h2-3,7H,4-6H2,1H3,(H2,12,13). The molecule has 5 nitrogen and oxygen atoms in total. The van der Waals surface area contributed by atoms with Crippen molar-refractivity contribution in [3.05, 3.63) is 22.3 Å². The SMILES string of the molecule is CS(=O)(=O)N1CCC(c2ccc(N)nc2Br)C1. The van der Waals surface area contributed by atoms with Crippen molar-refractivity contribution in [2.45, 2.75) is 12.3 Å². The van der Waals surface area contributed by atoms with Gasteiger partial charge in [-0.1, -0.05) is 6.07 Å². The maximum absolute atomic E-state index is 11.4. The van der Waals surface area contributed by atoms with Crippen molar-refractivity contribution in [1.29, 1.82) is 0 Å². The minimum absolute atomic E-state index is 0.187. The molecule has 1 unspecified atom stereocenters. The van der Waals surface area contributed by atoms with Crippen LogP contribution in [0.1, 0.15) is 17.9 Å². The van der Waals surface area contributed by atoms with Gasteiger partial charge >= 0.3 is 0 Å². The van der Waals surface area contributed by atoms with Crippen LogP contribution in [0.5, 0.6) is 0 Å². The topological polar surface area (TPSA) is 76.3 Å². The summed E-state index contributed by atoms with van der Waals surface area (Å²) in [5.41, 5.74) is 6.59. The molecule has 0 spiro atoms. The lowest BCUT2D eigenvalue weighted by Crippen LogP contribution is -2.27. The van der Waals surface area contributed by atoms with Crippen LogP contribution in [0, 0.1) is 0 Å². The van der Waals surface area contributed by atoms with E-state index >= 15 is 0 Å². The van der Waals surface area contributed by atoms with E-state index in [1.165, 1.54) is 10.6 Å². The van der Waals surface area contributed by atoms with E-state index in [0.717, 1.165) is 12.0 Å². The van der Waals surface area contributed by atoms with E-state index in [1.807, 2.05) is 6.07 Å². The molecule has 0 aromatic carbocycles. The highest BCUT2D eigenvalue weighted by atomic mass is 79.9. The molecule has 0 saturated carbocycles. The summed E-state index contributed by atoms with van der Waals surface area (Å²) in [6.07, 6.45) is 2.06. The molecule has 2 N–H and O–H groups in total. The maximum Gasteiger partial charge on any atom is 0.211 e. The van der Waals surface area contributed by atoms with Crippen molar-refractivity contribution in [3.63, 3.8) is 0 Å². The van der Waals surface area contributed by atoms with Crippen LogP contribution in [0.3, 0.4) is 0 Å². The Kier molecular flexibility index (Phi) is 3.42. The molecular weight excluding hydrogens is 306 g/mol. The molecular formula is C10H14BrN3O2S. The summed E-state index contributed by atoms with van der Waals surface area (Å²) in [5.74, 6) is 0.644. The quantitative estimate of drug-likeness (QED) is 0.830. The molecule has 1 fully saturated rings. The fourth-order valence-corrected chi connectivity index (χ4v) is 3.60. The molecule has 94 valence electrons. The predicted molar refractivity (Wildman–Crippen MR) is 70.1 cm³/mol. The molecule has 1 saturated heterocycles. The molecule has 0 bridgehead atoms. The third kappa shape index (κ3) is 2.78. The Balaban J connectivity index is 2.21. The first kappa shape index (κ1) is 12.8. The van der Waals surface area contributed by atoms with Crippen molar-refractivity contribution < 1.29 is 8.42 Å². The zero-order valence-electron chi connectivity index (χ0n) is 9.43. The zero-order valence-corrected chi connectivity index (χ0v) is 11.8. The van der Waals surface area contributed by atoms with E-state index in [-0.39, 0.29) is 5.92 Å². The van der Waals surface area contributed by atoms with Gasteiger partial charge < -0.3 is 5.73 Å². The van der Waals surface area contributed by atoms with Crippen molar-refractivity contribution in [3.8, 4) is 0 Å². The van der Waals surface area contributed by atoms with Gasteiger partial charge in [0.1, 0.15) is 10.4 Å². The number of nitrogens with zero attached hydrogens (tertiary/aromatic N) is 2. The van der Waals surface area contributed by atoms with Gasteiger partial charge in [-0.3, -0.25) is 0 Å². The average molecular weight is 320 g/mol. The Bertz CT molecular complexity index is 532. The first-order valence-corrected chi connectivity index (χ1v) is 7.89. The second-order valence-electron chi connectivity index (χ2n) is 4.22. The summed E-state index contributed by atoms with van der Waals surface area (Å²) in [5, 5.41) is 0. The first-order valence-electron chi connectivity index (χ1n) is 5.25. The molecule has 1 aliphatic heterocycles. The second-order valence-corrected chi connectivity index (χ2v) is 6.96. The molecule has 7 heteroatoms. The van der Waals surface area contributed by atoms with Crippen molar-refractivity contribution >= 4 is 31.8 Å². The van der Waals surface area contributed by atoms with Crippen LogP contribution in [0.15, 0.2) is 16.7 Å². The van der Waals surface area contributed by atoms with E-state index in [0.29, 0.717) is 23.5 Å².